The smallest absolute Gasteiger partial charge is 0.126 e. The number of fused-ring (bicyclic) bond motifs is 3. The summed E-state index contributed by atoms with van der Waals surface area (Å²) in [5.41, 5.74) is 4.18. The molecule has 3 heteroatoms. The normalized spacial score (nSPS) is 21.6. The third-order valence-corrected chi connectivity index (χ3v) is 6.28. The van der Waals surface area contributed by atoms with E-state index in [4.69, 9.17) is 0 Å². The van der Waals surface area contributed by atoms with Gasteiger partial charge in [-0.3, -0.25) is 0 Å². The monoisotopic (exact) mass is 342 g/mol. The molecule has 0 bridgehead atoms. The average Bonchev–Trinajstić information content (AvgIpc) is 3.14. The fraction of sp³-hybridized carbons (Fsp3) is 0.636. The second kappa shape index (κ2) is 6.42. The average molecular weight is 343 g/mol. The van der Waals surface area contributed by atoms with Crippen LogP contribution in [0.1, 0.15) is 55.8 Å². The lowest BCUT2D eigenvalue weighted by atomic mass is 9.92. The SMILES string of the molecule is Cc1ccc2c(c1)c1c(n2CC(C)(F)CC2CCCC2)CCN(C)C1. The number of alkyl halides is 1. The van der Waals surface area contributed by atoms with Gasteiger partial charge in [0.1, 0.15) is 5.67 Å². The highest BCUT2D eigenvalue weighted by Crippen LogP contribution is 2.37. The number of benzene rings is 1. The lowest BCUT2D eigenvalue weighted by Crippen LogP contribution is -2.31. The molecular formula is C22H31FN2. The molecule has 0 amide bonds. The third-order valence-electron chi connectivity index (χ3n) is 6.28. The van der Waals surface area contributed by atoms with Gasteiger partial charge in [0.25, 0.3) is 0 Å². The lowest BCUT2D eigenvalue weighted by Gasteiger charge is -2.28. The van der Waals surface area contributed by atoms with Crippen LogP contribution < -0.4 is 0 Å². The summed E-state index contributed by atoms with van der Waals surface area (Å²) >= 11 is 0. The maximum atomic E-state index is 15.5. The largest absolute Gasteiger partial charge is 0.341 e. The molecule has 0 radical (unpaired) electrons. The van der Waals surface area contributed by atoms with Gasteiger partial charge in [0.15, 0.2) is 0 Å². The van der Waals surface area contributed by atoms with Crippen molar-refractivity contribution in [2.24, 2.45) is 5.92 Å². The molecule has 25 heavy (non-hydrogen) atoms. The second-order valence-corrected chi connectivity index (χ2v) is 8.79. The van der Waals surface area contributed by atoms with Crippen LogP contribution in [0.2, 0.25) is 0 Å². The summed E-state index contributed by atoms with van der Waals surface area (Å²) in [6.45, 7) is 6.52. The highest BCUT2D eigenvalue weighted by molar-refractivity contribution is 5.86. The van der Waals surface area contributed by atoms with Gasteiger partial charge in [-0.25, -0.2) is 4.39 Å². The van der Waals surface area contributed by atoms with Crippen LogP contribution in [-0.2, 0) is 19.5 Å². The van der Waals surface area contributed by atoms with Gasteiger partial charge in [0, 0.05) is 36.1 Å². The fourth-order valence-corrected chi connectivity index (χ4v) is 5.09. The molecule has 1 aromatic heterocycles. The van der Waals surface area contributed by atoms with E-state index in [0.717, 1.165) is 19.5 Å². The van der Waals surface area contributed by atoms with E-state index in [-0.39, 0.29) is 0 Å². The first kappa shape index (κ1) is 17.1. The maximum Gasteiger partial charge on any atom is 0.126 e. The number of likely N-dealkylation sites (N-methyl/N-ethyl adjacent to an activating group) is 1. The highest BCUT2D eigenvalue weighted by atomic mass is 19.1. The molecule has 1 atom stereocenters. The van der Waals surface area contributed by atoms with Crippen LogP contribution in [0.25, 0.3) is 10.9 Å². The molecule has 2 aromatic rings. The van der Waals surface area contributed by atoms with Gasteiger partial charge in [-0.1, -0.05) is 37.3 Å². The summed E-state index contributed by atoms with van der Waals surface area (Å²) < 4.78 is 17.8. The predicted molar refractivity (Wildman–Crippen MR) is 103 cm³/mol. The second-order valence-electron chi connectivity index (χ2n) is 8.79. The molecule has 1 saturated carbocycles. The van der Waals surface area contributed by atoms with Crippen molar-refractivity contribution in [1.82, 2.24) is 9.47 Å². The molecule has 4 rings (SSSR count). The maximum absolute atomic E-state index is 15.5. The van der Waals surface area contributed by atoms with Crippen molar-refractivity contribution in [3.63, 3.8) is 0 Å². The summed E-state index contributed by atoms with van der Waals surface area (Å²) in [4.78, 5) is 2.38. The van der Waals surface area contributed by atoms with Crippen molar-refractivity contribution < 1.29 is 4.39 Å². The Labute approximate surface area is 151 Å². The third kappa shape index (κ3) is 3.36. The first-order valence-corrected chi connectivity index (χ1v) is 9.91. The van der Waals surface area contributed by atoms with Gasteiger partial charge in [0.2, 0.25) is 0 Å². The van der Waals surface area contributed by atoms with Gasteiger partial charge in [-0.2, -0.15) is 0 Å². The minimum atomic E-state index is -1.12. The molecule has 1 aliphatic heterocycles. The van der Waals surface area contributed by atoms with Gasteiger partial charge in [0.05, 0.1) is 6.54 Å². The van der Waals surface area contributed by atoms with Crippen LogP contribution in [0.5, 0.6) is 0 Å². The molecule has 1 fully saturated rings. The van der Waals surface area contributed by atoms with Crippen molar-refractivity contribution in [2.75, 3.05) is 13.6 Å². The molecule has 1 aromatic carbocycles. The van der Waals surface area contributed by atoms with Crippen molar-refractivity contribution in [1.29, 1.82) is 0 Å². The number of hydrogen-bond donors (Lipinski definition) is 0. The lowest BCUT2D eigenvalue weighted by molar-refractivity contribution is 0.122. The zero-order chi connectivity index (χ0) is 17.6. The molecule has 136 valence electrons. The quantitative estimate of drug-likeness (QED) is 0.737. The topological polar surface area (TPSA) is 8.17 Å². The van der Waals surface area contributed by atoms with Crippen molar-refractivity contribution in [2.45, 2.75) is 71.1 Å². The van der Waals surface area contributed by atoms with Crippen LogP contribution in [0.3, 0.4) is 0 Å². The number of aryl methyl sites for hydroxylation is 1. The van der Waals surface area contributed by atoms with Gasteiger partial charge in [-0.05, 0) is 50.9 Å². The zero-order valence-electron chi connectivity index (χ0n) is 15.9. The van der Waals surface area contributed by atoms with Gasteiger partial charge in [-0.15, -0.1) is 0 Å². The Balaban J connectivity index is 1.71. The van der Waals surface area contributed by atoms with Crippen molar-refractivity contribution >= 4 is 10.9 Å². The van der Waals surface area contributed by atoms with E-state index in [1.165, 1.54) is 53.4 Å². The van der Waals surface area contributed by atoms with E-state index in [1.807, 2.05) is 6.92 Å². The highest BCUT2D eigenvalue weighted by Gasteiger charge is 2.32. The van der Waals surface area contributed by atoms with E-state index in [2.05, 4.69) is 41.6 Å². The van der Waals surface area contributed by atoms with Crippen LogP contribution >= 0.6 is 0 Å². The molecule has 2 heterocycles. The van der Waals surface area contributed by atoms with Gasteiger partial charge >= 0.3 is 0 Å². The molecule has 0 N–H and O–H groups in total. The number of halogens is 1. The van der Waals surface area contributed by atoms with Crippen molar-refractivity contribution in [3.05, 3.63) is 35.0 Å². The Morgan fingerprint density at radius 2 is 2.00 bits per heavy atom. The van der Waals surface area contributed by atoms with Crippen LogP contribution in [0, 0.1) is 12.8 Å². The van der Waals surface area contributed by atoms with E-state index in [0.29, 0.717) is 18.9 Å². The first-order valence-electron chi connectivity index (χ1n) is 9.91. The molecule has 1 aliphatic carbocycles. The minimum Gasteiger partial charge on any atom is -0.341 e. The standard InChI is InChI=1S/C22H31FN2/c1-16-8-9-20-18(12-16)19-14-24(3)11-10-21(19)25(20)15-22(2,23)13-17-6-4-5-7-17/h8-9,12,17H,4-7,10-11,13-15H2,1-3H3. The van der Waals surface area contributed by atoms with E-state index in [9.17, 15) is 0 Å². The number of hydrogen-bond acceptors (Lipinski definition) is 1. The summed E-state index contributed by atoms with van der Waals surface area (Å²) in [5, 5.41) is 1.33. The fourth-order valence-electron chi connectivity index (χ4n) is 5.09. The molecule has 0 saturated heterocycles. The Bertz CT molecular complexity index is 768. The molecular weight excluding hydrogens is 311 g/mol. The Hall–Kier alpha value is -1.35. The summed E-state index contributed by atoms with van der Waals surface area (Å²) in [7, 11) is 2.18. The van der Waals surface area contributed by atoms with E-state index in [1.54, 1.807) is 0 Å². The Morgan fingerprint density at radius 3 is 2.76 bits per heavy atom. The summed E-state index contributed by atoms with van der Waals surface area (Å²) in [6.07, 6.45) is 6.75. The number of aromatic nitrogens is 1. The molecule has 2 nitrogen and oxygen atoms in total. The number of nitrogens with zero attached hydrogens (tertiary/aromatic N) is 2. The zero-order valence-corrected chi connectivity index (χ0v) is 15.9. The predicted octanol–water partition coefficient (Wildman–Crippen LogP) is 5.25. The Kier molecular flexibility index (Phi) is 4.39. The van der Waals surface area contributed by atoms with Crippen molar-refractivity contribution in [3.8, 4) is 0 Å². The Morgan fingerprint density at radius 1 is 1.24 bits per heavy atom. The van der Waals surface area contributed by atoms with E-state index < -0.39 is 5.67 Å². The summed E-state index contributed by atoms with van der Waals surface area (Å²) in [5.74, 6) is 0.584. The molecule has 1 unspecified atom stereocenters. The summed E-state index contributed by atoms with van der Waals surface area (Å²) in [6, 6.07) is 6.66. The molecule has 2 aliphatic rings. The van der Waals surface area contributed by atoms with Crippen LogP contribution in [-0.4, -0.2) is 28.7 Å². The first-order chi connectivity index (χ1) is 11.9. The van der Waals surface area contributed by atoms with Crippen LogP contribution in [0.4, 0.5) is 4.39 Å². The van der Waals surface area contributed by atoms with Crippen LogP contribution in [0.15, 0.2) is 18.2 Å². The number of rotatable bonds is 4. The van der Waals surface area contributed by atoms with Gasteiger partial charge < -0.3 is 9.47 Å². The minimum absolute atomic E-state index is 0.502. The molecule has 0 spiro atoms. The van der Waals surface area contributed by atoms with E-state index >= 15 is 4.39 Å².